The molecule has 2 aromatic carbocycles. The molecule has 1 atom stereocenters. The van der Waals surface area contributed by atoms with Crippen LogP contribution in [0.4, 0.5) is 24.8 Å². The summed E-state index contributed by atoms with van der Waals surface area (Å²) in [6, 6.07) is 9.57. The van der Waals surface area contributed by atoms with E-state index in [0.717, 1.165) is 16.7 Å². The molecule has 12 heteroatoms. The van der Waals surface area contributed by atoms with Gasteiger partial charge in [-0.25, -0.2) is 19.3 Å². The minimum Gasteiger partial charge on any atom is -0.478 e. The quantitative estimate of drug-likeness (QED) is 0.504. The summed E-state index contributed by atoms with van der Waals surface area (Å²) in [7, 11) is 3.63. The van der Waals surface area contributed by atoms with Crippen LogP contribution in [0.3, 0.4) is 0 Å². The van der Waals surface area contributed by atoms with Crippen LogP contribution in [-0.2, 0) is 11.0 Å². The van der Waals surface area contributed by atoms with Gasteiger partial charge < -0.3 is 5.11 Å². The lowest BCUT2D eigenvalue weighted by Gasteiger charge is -2.35. The number of hydrogen-bond acceptors (Lipinski definition) is 6. The molecule has 0 saturated carbocycles. The summed E-state index contributed by atoms with van der Waals surface area (Å²) in [4.78, 5) is 28.6. The zero-order valence-electron chi connectivity index (χ0n) is 20.5. The standard InChI is InChI=1S/C26H21F3N6O3/c1-15-21(23(36)37)22(20-10-9-16(14-30)12-17(20)6-5-11-33(2)3)35-24(31-32-25(35)38)34(15)19-8-4-7-18(13-19)26(27,28)29/h4,7-10,12-13,22H,11H2,1-3H3,(H,32,38)(H,36,37)/t22-/m1/s1. The van der Waals surface area contributed by atoms with E-state index in [9.17, 15) is 33.1 Å². The van der Waals surface area contributed by atoms with Crippen molar-refractivity contribution in [2.75, 3.05) is 25.5 Å². The van der Waals surface area contributed by atoms with E-state index in [2.05, 4.69) is 22.0 Å². The van der Waals surface area contributed by atoms with Gasteiger partial charge in [0, 0.05) is 16.9 Å². The molecule has 4 rings (SSSR count). The van der Waals surface area contributed by atoms with Crippen molar-refractivity contribution in [3.05, 3.63) is 86.5 Å². The summed E-state index contributed by atoms with van der Waals surface area (Å²) in [5, 5.41) is 26.0. The molecule has 0 spiro atoms. The molecule has 0 aliphatic carbocycles. The molecule has 194 valence electrons. The van der Waals surface area contributed by atoms with E-state index in [1.165, 1.54) is 42.2 Å². The molecule has 0 bridgehead atoms. The van der Waals surface area contributed by atoms with Crippen LogP contribution in [0.15, 0.2) is 58.5 Å². The number of fused-ring (bicyclic) bond motifs is 1. The maximum absolute atomic E-state index is 13.4. The van der Waals surface area contributed by atoms with Crippen molar-refractivity contribution in [3.8, 4) is 17.9 Å². The van der Waals surface area contributed by atoms with Crippen LogP contribution in [0.25, 0.3) is 0 Å². The molecule has 0 fully saturated rings. The van der Waals surface area contributed by atoms with E-state index >= 15 is 0 Å². The summed E-state index contributed by atoms with van der Waals surface area (Å²) in [6.07, 6.45) is -4.64. The molecule has 0 saturated heterocycles. The van der Waals surface area contributed by atoms with Gasteiger partial charge in [-0.1, -0.05) is 24.0 Å². The van der Waals surface area contributed by atoms with Crippen molar-refractivity contribution in [1.82, 2.24) is 19.7 Å². The van der Waals surface area contributed by atoms with Gasteiger partial charge in [0.15, 0.2) is 0 Å². The number of nitrogens with zero attached hydrogens (tertiary/aromatic N) is 5. The van der Waals surface area contributed by atoms with Gasteiger partial charge in [-0.2, -0.15) is 18.4 Å². The summed E-state index contributed by atoms with van der Waals surface area (Å²) in [5.41, 5.74) is -1.03. The van der Waals surface area contributed by atoms with Gasteiger partial charge in [-0.05, 0) is 56.9 Å². The van der Waals surface area contributed by atoms with Crippen LogP contribution in [0.1, 0.15) is 35.2 Å². The summed E-state index contributed by atoms with van der Waals surface area (Å²) in [6.45, 7) is 1.81. The lowest BCUT2D eigenvalue weighted by molar-refractivity contribution is -0.137. The molecule has 0 radical (unpaired) electrons. The normalized spacial score (nSPS) is 15.1. The summed E-state index contributed by atoms with van der Waals surface area (Å²) < 4.78 is 41.4. The Hall–Kier alpha value is -4.81. The third-order valence-electron chi connectivity index (χ3n) is 5.90. The van der Waals surface area contributed by atoms with Crippen molar-refractivity contribution in [1.29, 1.82) is 5.26 Å². The number of anilines is 2. The Labute approximate surface area is 215 Å². The zero-order chi connectivity index (χ0) is 27.8. The Bertz CT molecular complexity index is 1620. The second kappa shape index (κ2) is 9.92. The first-order valence-electron chi connectivity index (χ1n) is 11.2. The SMILES string of the molecule is CC1=C(C(=O)O)[C@@H](c2ccc(C#N)cc2C#CCN(C)C)n2c(n[nH]c2=O)N1c1cccc(C(F)(F)F)c1. The van der Waals surface area contributed by atoms with Crippen LogP contribution in [0.2, 0.25) is 0 Å². The van der Waals surface area contributed by atoms with Gasteiger partial charge in [-0.15, -0.1) is 5.10 Å². The van der Waals surface area contributed by atoms with E-state index in [-0.39, 0.29) is 28.5 Å². The van der Waals surface area contributed by atoms with Crippen LogP contribution < -0.4 is 10.6 Å². The second-order valence-corrected chi connectivity index (χ2v) is 8.74. The van der Waals surface area contributed by atoms with Gasteiger partial charge in [0.25, 0.3) is 0 Å². The number of H-pyrrole nitrogens is 1. The summed E-state index contributed by atoms with van der Waals surface area (Å²) >= 11 is 0. The molecule has 1 aliphatic rings. The van der Waals surface area contributed by atoms with Gasteiger partial charge in [0.05, 0.1) is 29.3 Å². The molecular formula is C26H21F3N6O3. The average Bonchev–Trinajstić information content (AvgIpc) is 3.23. The number of nitriles is 1. The number of nitrogens with one attached hydrogen (secondary N) is 1. The minimum absolute atomic E-state index is 0.0272. The number of carbonyl (C=O) groups is 1. The van der Waals surface area contributed by atoms with Crippen LogP contribution >= 0.6 is 0 Å². The van der Waals surface area contributed by atoms with Gasteiger partial charge in [0.1, 0.15) is 6.04 Å². The van der Waals surface area contributed by atoms with E-state index in [1.807, 2.05) is 25.1 Å². The first-order chi connectivity index (χ1) is 17.9. The van der Waals surface area contributed by atoms with Gasteiger partial charge in [0.2, 0.25) is 5.95 Å². The predicted molar refractivity (Wildman–Crippen MR) is 131 cm³/mol. The Morgan fingerprint density at radius 1 is 1.24 bits per heavy atom. The van der Waals surface area contributed by atoms with E-state index in [1.54, 1.807) is 0 Å². The first-order valence-corrected chi connectivity index (χ1v) is 11.2. The number of alkyl halides is 3. The smallest absolute Gasteiger partial charge is 0.416 e. The van der Waals surface area contributed by atoms with E-state index in [4.69, 9.17) is 0 Å². The number of carboxylic acids is 1. The first kappa shape index (κ1) is 26.3. The Morgan fingerprint density at radius 3 is 2.61 bits per heavy atom. The fourth-order valence-electron chi connectivity index (χ4n) is 4.25. The van der Waals surface area contributed by atoms with Crippen molar-refractivity contribution in [2.45, 2.75) is 19.1 Å². The number of halogens is 3. The van der Waals surface area contributed by atoms with Crippen molar-refractivity contribution < 1.29 is 23.1 Å². The monoisotopic (exact) mass is 522 g/mol. The molecule has 2 N–H and O–H groups in total. The minimum atomic E-state index is -4.64. The van der Waals surface area contributed by atoms with Gasteiger partial charge in [-0.3, -0.25) is 9.80 Å². The number of benzene rings is 2. The van der Waals surface area contributed by atoms with Crippen LogP contribution in [0.5, 0.6) is 0 Å². The molecule has 9 nitrogen and oxygen atoms in total. The fraction of sp³-hybridized carbons (Fsp3) is 0.231. The second-order valence-electron chi connectivity index (χ2n) is 8.74. The number of allylic oxidation sites excluding steroid dienone is 1. The van der Waals surface area contributed by atoms with Crippen molar-refractivity contribution in [2.24, 2.45) is 0 Å². The van der Waals surface area contributed by atoms with Crippen molar-refractivity contribution >= 4 is 17.6 Å². The Balaban J connectivity index is 2.00. The molecule has 1 aromatic heterocycles. The molecule has 3 aromatic rings. The number of aliphatic carboxylic acids is 1. The molecular weight excluding hydrogens is 501 g/mol. The molecule has 38 heavy (non-hydrogen) atoms. The lowest BCUT2D eigenvalue weighted by atomic mass is 9.90. The van der Waals surface area contributed by atoms with E-state index in [0.29, 0.717) is 17.7 Å². The van der Waals surface area contributed by atoms with Crippen molar-refractivity contribution in [3.63, 3.8) is 0 Å². The van der Waals surface area contributed by atoms with Crippen LogP contribution in [-0.4, -0.2) is 51.4 Å². The predicted octanol–water partition coefficient (Wildman–Crippen LogP) is 3.47. The molecule has 0 unspecified atom stereocenters. The average molecular weight is 522 g/mol. The number of hydrogen-bond donors (Lipinski definition) is 2. The fourth-order valence-corrected chi connectivity index (χ4v) is 4.25. The van der Waals surface area contributed by atoms with Gasteiger partial charge >= 0.3 is 17.8 Å². The third kappa shape index (κ3) is 4.77. The van der Waals surface area contributed by atoms with E-state index < -0.39 is 29.4 Å². The largest absolute Gasteiger partial charge is 0.478 e. The summed E-state index contributed by atoms with van der Waals surface area (Å²) in [5.74, 6) is 4.42. The molecule has 1 aliphatic heterocycles. The third-order valence-corrected chi connectivity index (χ3v) is 5.90. The lowest BCUT2D eigenvalue weighted by Crippen LogP contribution is -2.37. The topological polar surface area (TPSA) is 118 Å². The maximum atomic E-state index is 13.4. The molecule has 0 amide bonds. The number of aromatic amines is 1. The maximum Gasteiger partial charge on any atom is 0.416 e. The highest BCUT2D eigenvalue weighted by Gasteiger charge is 2.40. The molecule has 2 heterocycles. The zero-order valence-corrected chi connectivity index (χ0v) is 20.5. The van der Waals surface area contributed by atoms with Crippen LogP contribution in [0, 0.1) is 23.2 Å². The highest BCUT2D eigenvalue weighted by Crippen LogP contribution is 2.43. The highest BCUT2D eigenvalue weighted by atomic mass is 19.4. The number of carboxylic acid groups (broad SMARTS) is 1. The number of rotatable bonds is 4. The Morgan fingerprint density at radius 2 is 1.97 bits per heavy atom. The number of aromatic nitrogens is 3. The highest BCUT2D eigenvalue weighted by molar-refractivity contribution is 5.92. The Kier molecular flexibility index (Phi) is 6.85.